The normalized spacial score (nSPS) is 13.8. The molecule has 0 saturated carbocycles. The Bertz CT molecular complexity index is 1040. The number of nitrogens with zero attached hydrogens (tertiary/aromatic N) is 2. The molecular formula is C23H22ClN3O2S. The highest BCUT2D eigenvalue weighted by Gasteiger charge is 2.21. The fourth-order valence-corrected chi connectivity index (χ4v) is 4.47. The second-order valence-electron chi connectivity index (χ2n) is 7.27. The standard InChI is InChI=1S/C23H22ClN3O2S/c24-17-10-8-16(9-11-17)22-25-18(15-30-22)14-21(28)26-20-7-3-2-6-19(20)23(29)27-12-4-1-5-13-27/h2-3,6-11,15H,1,4-5,12-14H2,(H,26,28). The van der Waals surface area contributed by atoms with Crippen molar-refractivity contribution < 1.29 is 9.59 Å². The molecule has 1 fully saturated rings. The van der Waals surface area contributed by atoms with E-state index in [9.17, 15) is 9.59 Å². The Morgan fingerprint density at radius 2 is 1.77 bits per heavy atom. The summed E-state index contributed by atoms with van der Waals surface area (Å²) in [5, 5.41) is 6.30. The van der Waals surface area contributed by atoms with Crippen molar-refractivity contribution in [1.29, 1.82) is 0 Å². The highest BCUT2D eigenvalue weighted by Crippen LogP contribution is 2.26. The van der Waals surface area contributed by atoms with Gasteiger partial charge < -0.3 is 10.2 Å². The summed E-state index contributed by atoms with van der Waals surface area (Å²) in [7, 11) is 0. The smallest absolute Gasteiger partial charge is 0.255 e. The highest BCUT2D eigenvalue weighted by molar-refractivity contribution is 7.13. The van der Waals surface area contributed by atoms with Gasteiger partial charge >= 0.3 is 0 Å². The van der Waals surface area contributed by atoms with E-state index >= 15 is 0 Å². The number of aromatic nitrogens is 1. The summed E-state index contributed by atoms with van der Waals surface area (Å²) in [6.07, 6.45) is 3.37. The number of likely N-dealkylation sites (tertiary alicyclic amines) is 1. The van der Waals surface area contributed by atoms with Crippen molar-refractivity contribution in [3.05, 3.63) is 70.2 Å². The van der Waals surface area contributed by atoms with Gasteiger partial charge in [0.05, 0.1) is 23.4 Å². The zero-order valence-corrected chi connectivity index (χ0v) is 18.0. The fourth-order valence-electron chi connectivity index (χ4n) is 3.52. The van der Waals surface area contributed by atoms with Gasteiger partial charge in [-0.05, 0) is 43.5 Å². The molecule has 3 aromatic rings. The molecular weight excluding hydrogens is 418 g/mol. The van der Waals surface area contributed by atoms with Gasteiger partial charge in [-0.15, -0.1) is 11.3 Å². The summed E-state index contributed by atoms with van der Waals surface area (Å²) < 4.78 is 0. The van der Waals surface area contributed by atoms with Crippen LogP contribution in [0, 0.1) is 0 Å². The fraction of sp³-hybridized carbons (Fsp3) is 0.261. The predicted molar refractivity (Wildman–Crippen MR) is 121 cm³/mol. The van der Waals surface area contributed by atoms with Crippen molar-refractivity contribution in [2.24, 2.45) is 0 Å². The minimum Gasteiger partial charge on any atom is -0.339 e. The molecule has 0 atom stereocenters. The number of carbonyl (C=O) groups excluding carboxylic acids is 2. The van der Waals surface area contributed by atoms with Crippen LogP contribution in [0.4, 0.5) is 5.69 Å². The maximum absolute atomic E-state index is 12.9. The van der Waals surface area contributed by atoms with E-state index in [-0.39, 0.29) is 18.2 Å². The third kappa shape index (κ3) is 4.89. The number of piperidine rings is 1. The number of rotatable bonds is 5. The largest absolute Gasteiger partial charge is 0.339 e. The van der Waals surface area contributed by atoms with Gasteiger partial charge in [-0.2, -0.15) is 0 Å². The number of amides is 2. The van der Waals surface area contributed by atoms with Gasteiger partial charge in [-0.25, -0.2) is 4.98 Å². The van der Waals surface area contributed by atoms with Crippen molar-refractivity contribution >= 4 is 40.4 Å². The van der Waals surface area contributed by atoms with Crippen LogP contribution in [0.1, 0.15) is 35.3 Å². The van der Waals surface area contributed by atoms with E-state index in [0.29, 0.717) is 22.0 Å². The zero-order valence-electron chi connectivity index (χ0n) is 16.4. The third-order valence-corrected chi connectivity index (χ3v) is 6.25. The maximum Gasteiger partial charge on any atom is 0.255 e. The van der Waals surface area contributed by atoms with E-state index in [1.165, 1.54) is 11.3 Å². The van der Waals surface area contributed by atoms with Crippen molar-refractivity contribution in [2.45, 2.75) is 25.7 Å². The molecule has 0 bridgehead atoms. The Morgan fingerprint density at radius 3 is 2.53 bits per heavy atom. The van der Waals surface area contributed by atoms with Crippen LogP contribution in [0.2, 0.25) is 5.02 Å². The van der Waals surface area contributed by atoms with Crippen LogP contribution >= 0.6 is 22.9 Å². The molecule has 1 aliphatic heterocycles. The molecule has 0 spiro atoms. The minimum atomic E-state index is -0.193. The topological polar surface area (TPSA) is 62.3 Å². The minimum absolute atomic E-state index is 0.0238. The van der Waals surface area contributed by atoms with Crippen LogP contribution in [0.15, 0.2) is 53.9 Å². The molecule has 1 aliphatic rings. The summed E-state index contributed by atoms with van der Waals surface area (Å²) >= 11 is 7.43. The van der Waals surface area contributed by atoms with Gasteiger partial charge in [0, 0.05) is 29.1 Å². The molecule has 1 saturated heterocycles. The molecule has 2 aromatic carbocycles. The van der Waals surface area contributed by atoms with E-state index in [4.69, 9.17) is 11.6 Å². The van der Waals surface area contributed by atoms with Crippen molar-refractivity contribution in [3.8, 4) is 10.6 Å². The summed E-state index contributed by atoms with van der Waals surface area (Å²) in [6, 6.07) is 14.7. The predicted octanol–water partition coefficient (Wildman–Crippen LogP) is 5.27. The monoisotopic (exact) mass is 439 g/mol. The lowest BCUT2D eigenvalue weighted by molar-refractivity contribution is -0.115. The molecule has 5 nitrogen and oxygen atoms in total. The number of nitrogens with one attached hydrogen (secondary N) is 1. The number of para-hydroxylation sites is 1. The number of benzene rings is 2. The van der Waals surface area contributed by atoms with Crippen LogP contribution < -0.4 is 5.32 Å². The molecule has 1 N–H and O–H groups in total. The van der Waals surface area contributed by atoms with Gasteiger partial charge in [0.1, 0.15) is 5.01 Å². The number of anilines is 1. The lowest BCUT2D eigenvalue weighted by Gasteiger charge is -2.27. The number of carbonyl (C=O) groups is 2. The first kappa shape index (κ1) is 20.6. The Hall–Kier alpha value is -2.70. The second-order valence-corrected chi connectivity index (χ2v) is 8.57. The van der Waals surface area contributed by atoms with E-state index in [0.717, 1.165) is 42.9 Å². The molecule has 7 heteroatoms. The number of hydrogen-bond donors (Lipinski definition) is 1. The molecule has 1 aromatic heterocycles. The number of thiazole rings is 1. The Morgan fingerprint density at radius 1 is 1.03 bits per heavy atom. The van der Waals surface area contributed by atoms with Gasteiger partial charge in [0.15, 0.2) is 0 Å². The lowest BCUT2D eigenvalue weighted by atomic mass is 10.1. The van der Waals surface area contributed by atoms with Crippen LogP contribution in [0.25, 0.3) is 10.6 Å². The maximum atomic E-state index is 12.9. The molecule has 0 radical (unpaired) electrons. The molecule has 4 rings (SSSR count). The van der Waals surface area contributed by atoms with Crippen LogP contribution in [-0.4, -0.2) is 34.8 Å². The first-order chi connectivity index (χ1) is 14.6. The van der Waals surface area contributed by atoms with E-state index in [1.807, 2.05) is 46.7 Å². The van der Waals surface area contributed by atoms with Crippen molar-refractivity contribution in [3.63, 3.8) is 0 Å². The average Bonchev–Trinajstić information content (AvgIpc) is 3.23. The lowest BCUT2D eigenvalue weighted by Crippen LogP contribution is -2.36. The van der Waals surface area contributed by atoms with E-state index in [1.54, 1.807) is 12.1 Å². The number of hydrogen-bond acceptors (Lipinski definition) is 4. The average molecular weight is 440 g/mol. The summed E-state index contributed by atoms with van der Waals surface area (Å²) in [5.41, 5.74) is 2.75. The summed E-state index contributed by atoms with van der Waals surface area (Å²) in [5.74, 6) is -0.217. The van der Waals surface area contributed by atoms with Crippen LogP contribution in [-0.2, 0) is 11.2 Å². The molecule has 30 heavy (non-hydrogen) atoms. The third-order valence-electron chi connectivity index (χ3n) is 5.06. The first-order valence-electron chi connectivity index (χ1n) is 9.98. The Labute approximate surface area is 184 Å². The first-order valence-corrected chi connectivity index (χ1v) is 11.2. The quantitative estimate of drug-likeness (QED) is 0.589. The van der Waals surface area contributed by atoms with Crippen molar-refractivity contribution in [2.75, 3.05) is 18.4 Å². The number of halogens is 1. The molecule has 2 heterocycles. The van der Waals surface area contributed by atoms with Gasteiger partial charge in [-0.1, -0.05) is 35.9 Å². The summed E-state index contributed by atoms with van der Waals surface area (Å²) in [4.78, 5) is 32.0. The molecule has 0 aliphatic carbocycles. The van der Waals surface area contributed by atoms with E-state index < -0.39 is 0 Å². The zero-order chi connectivity index (χ0) is 20.9. The van der Waals surface area contributed by atoms with Gasteiger partial charge in [0.25, 0.3) is 5.91 Å². The molecule has 0 unspecified atom stereocenters. The highest BCUT2D eigenvalue weighted by atomic mass is 35.5. The van der Waals surface area contributed by atoms with Crippen molar-refractivity contribution in [1.82, 2.24) is 9.88 Å². The SMILES string of the molecule is O=C(Cc1csc(-c2ccc(Cl)cc2)n1)Nc1ccccc1C(=O)N1CCCCC1. The van der Waals surface area contributed by atoms with Crippen LogP contribution in [0.5, 0.6) is 0 Å². The van der Waals surface area contributed by atoms with Crippen LogP contribution in [0.3, 0.4) is 0 Å². The Balaban J connectivity index is 1.43. The van der Waals surface area contributed by atoms with E-state index in [2.05, 4.69) is 10.3 Å². The van der Waals surface area contributed by atoms with Gasteiger partial charge in [-0.3, -0.25) is 9.59 Å². The molecule has 154 valence electrons. The second kappa shape index (κ2) is 9.41. The van der Waals surface area contributed by atoms with Gasteiger partial charge in [0.2, 0.25) is 5.91 Å². The summed E-state index contributed by atoms with van der Waals surface area (Å²) in [6.45, 7) is 1.54. The Kier molecular flexibility index (Phi) is 6.45. The molecule has 2 amide bonds.